The summed E-state index contributed by atoms with van der Waals surface area (Å²) in [6.45, 7) is 2.63. The van der Waals surface area contributed by atoms with Gasteiger partial charge in [0.1, 0.15) is 0 Å². The first kappa shape index (κ1) is 16.3. The largest absolute Gasteiger partial charge is 0.489 e. The maximum Gasteiger partial charge on any atom is 0.227 e. The Bertz CT molecular complexity index is 806. The van der Waals surface area contributed by atoms with Gasteiger partial charge in [0, 0.05) is 19.5 Å². The monoisotopic (exact) mass is 357 g/mol. The van der Waals surface area contributed by atoms with Crippen molar-refractivity contribution in [2.45, 2.75) is 25.8 Å². The van der Waals surface area contributed by atoms with Crippen molar-refractivity contribution in [1.29, 1.82) is 0 Å². The van der Waals surface area contributed by atoms with Crippen molar-refractivity contribution in [3.05, 3.63) is 58.1 Å². The zero-order valence-corrected chi connectivity index (χ0v) is 14.7. The number of amides is 1. The fourth-order valence-electron chi connectivity index (χ4n) is 3.38. The second kappa shape index (κ2) is 6.96. The maximum absolute atomic E-state index is 12.7. The first-order valence-corrected chi connectivity index (χ1v) is 9.01. The summed E-state index contributed by atoms with van der Waals surface area (Å²) in [5.74, 6) is 1.33. The van der Waals surface area contributed by atoms with Crippen molar-refractivity contribution < 1.29 is 14.3 Å². The molecule has 2 aliphatic rings. The van der Waals surface area contributed by atoms with E-state index in [1.54, 1.807) is 0 Å². The lowest BCUT2D eigenvalue weighted by molar-refractivity contribution is -0.131. The van der Waals surface area contributed by atoms with E-state index < -0.39 is 0 Å². The standard InChI is InChI=1S/C20H20ClNO3/c21-17-10-14(11-18-20(17)25-9-3-8-24-18)12-19(23)22-7-6-15-4-1-2-5-16(15)13-22/h1-2,4-5,10-11H,3,6-9,12-13H2. The summed E-state index contributed by atoms with van der Waals surface area (Å²) in [4.78, 5) is 14.7. The van der Waals surface area contributed by atoms with Crippen LogP contribution in [0.4, 0.5) is 0 Å². The van der Waals surface area contributed by atoms with Gasteiger partial charge in [0.25, 0.3) is 0 Å². The summed E-state index contributed by atoms with van der Waals surface area (Å²) in [5.41, 5.74) is 3.43. The second-order valence-electron chi connectivity index (χ2n) is 6.47. The molecule has 0 aliphatic carbocycles. The number of halogens is 1. The molecule has 0 atom stereocenters. The highest BCUT2D eigenvalue weighted by molar-refractivity contribution is 6.32. The van der Waals surface area contributed by atoms with Crippen molar-refractivity contribution in [1.82, 2.24) is 4.90 Å². The quantitative estimate of drug-likeness (QED) is 0.823. The van der Waals surface area contributed by atoms with Crippen LogP contribution < -0.4 is 9.47 Å². The van der Waals surface area contributed by atoms with Crippen LogP contribution >= 0.6 is 11.6 Å². The Balaban J connectivity index is 1.50. The molecule has 0 saturated carbocycles. The van der Waals surface area contributed by atoms with Crippen molar-refractivity contribution in [2.24, 2.45) is 0 Å². The third-order valence-corrected chi connectivity index (χ3v) is 4.98. The Kier molecular flexibility index (Phi) is 4.53. The van der Waals surface area contributed by atoms with Gasteiger partial charge in [-0.25, -0.2) is 0 Å². The number of nitrogens with zero attached hydrogens (tertiary/aromatic N) is 1. The maximum atomic E-state index is 12.7. The van der Waals surface area contributed by atoms with Gasteiger partial charge >= 0.3 is 0 Å². The van der Waals surface area contributed by atoms with Crippen LogP contribution in [0.25, 0.3) is 0 Å². The minimum absolute atomic E-state index is 0.111. The molecule has 2 aromatic carbocycles. The van der Waals surface area contributed by atoms with Crippen LogP contribution in [0.2, 0.25) is 5.02 Å². The first-order chi connectivity index (χ1) is 12.2. The normalized spacial score (nSPS) is 16.1. The van der Waals surface area contributed by atoms with Gasteiger partial charge in [-0.3, -0.25) is 4.79 Å². The Hall–Kier alpha value is -2.20. The van der Waals surface area contributed by atoms with Gasteiger partial charge in [-0.15, -0.1) is 0 Å². The molecule has 4 nitrogen and oxygen atoms in total. The number of benzene rings is 2. The topological polar surface area (TPSA) is 38.8 Å². The van der Waals surface area contributed by atoms with E-state index in [0.717, 1.165) is 24.9 Å². The predicted molar refractivity (Wildman–Crippen MR) is 96.3 cm³/mol. The highest BCUT2D eigenvalue weighted by atomic mass is 35.5. The van der Waals surface area contributed by atoms with E-state index in [4.69, 9.17) is 21.1 Å². The summed E-state index contributed by atoms with van der Waals surface area (Å²) >= 11 is 6.33. The second-order valence-corrected chi connectivity index (χ2v) is 6.87. The van der Waals surface area contributed by atoms with Crippen LogP contribution in [0.5, 0.6) is 11.5 Å². The Morgan fingerprint density at radius 3 is 2.80 bits per heavy atom. The van der Waals surface area contributed by atoms with Crippen LogP contribution in [-0.2, 0) is 24.2 Å². The molecule has 0 radical (unpaired) electrons. The van der Waals surface area contributed by atoms with Crippen molar-refractivity contribution in [3.63, 3.8) is 0 Å². The van der Waals surface area contributed by atoms with Gasteiger partial charge in [-0.05, 0) is 35.2 Å². The number of rotatable bonds is 2. The minimum Gasteiger partial charge on any atom is -0.489 e. The SMILES string of the molecule is O=C(Cc1cc(Cl)c2c(c1)OCCCO2)N1CCc2ccccc2C1. The van der Waals surface area contributed by atoms with E-state index in [1.807, 2.05) is 23.1 Å². The van der Waals surface area contributed by atoms with Crippen LogP contribution in [0, 0.1) is 0 Å². The lowest BCUT2D eigenvalue weighted by Crippen LogP contribution is -2.36. The van der Waals surface area contributed by atoms with Gasteiger partial charge < -0.3 is 14.4 Å². The molecule has 25 heavy (non-hydrogen) atoms. The Morgan fingerprint density at radius 2 is 1.92 bits per heavy atom. The van der Waals surface area contributed by atoms with E-state index in [-0.39, 0.29) is 5.91 Å². The summed E-state index contributed by atoms with van der Waals surface area (Å²) < 4.78 is 11.4. The minimum atomic E-state index is 0.111. The van der Waals surface area contributed by atoms with Crippen molar-refractivity contribution >= 4 is 17.5 Å². The predicted octanol–water partition coefficient (Wildman–Crippen LogP) is 3.63. The summed E-state index contributed by atoms with van der Waals surface area (Å²) in [6, 6.07) is 12.0. The average molecular weight is 358 g/mol. The summed E-state index contributed by atoms with van der Waals surface area (Å²) in [5, 5.41) is 0.506. The Morgan fingerprint density at radius 1 is 1.12 bits per heavy atom. The zero-order valence-electron chi connectivity index (χ0n) is 14.0. The molecule has 0 saturated heterocycles. The van der Waals surface area contributed by atoms with Crippen molar-refractivity contribution in [2.75, 3.05) is 19.8 Å². The third kappa shape index (κ3) is 3.45. The zero-order chi connectivity index (χ0) is 17.2. The molecular weight excluding hydrogens is 338 g/mol. The van der Waals surface area contributed by atoms with E-state index in [9.17, 15) is 4.79 Å². The van der Waals surface area contributed by atoms with Gasteiger partial charge in [0.2, 0.25) is 5.91 Å². The number of carbonyl (C=O) groups is 1. The molecule has 5 heteroatoms. The van der Waals surface area contributed by atoms with E-state index in [0.29, 0.717) is 42.7 Å². The van der Waals surface area contributed by atoms with Crippen molar-refractivity contribution in [3.8, 4) is 11.5 Å². The summed E-state index contributed by atoms with van der Waals surface area (Å²) in [7, 11) is 0. The lowest BCUT2D eigenvalue weighted by Gasteiger charge is -2.29. The van der Waals surface area contributed by atoms with E-state index >= 15 is 0 Å². The molecule has 1 amide bonds. The molecule has 4 rings (SSSR count). The smallest absolute Gasteiger partial charge is 0.227 e. The van der Waals surface area contributed by atoms with E-state index in [1.165, 1.54) is 11.1 Å². The molecule has 0 bridgehead atoms. The lowest BCUT2D eigenvalue weighted by atomic mass is 9.99. The Labute approximate surface area is 152 Å². The molecule has 0 fully saturated rings. The summed E-state index contributed by atoms with van der Waals surface area (Å²) in [6.07, 6.45) is 2.05. The van der Waals surface area contributed by atoms with E-state index in [2.05, 4.69) is 18.2 Å². The number of fused-ring (bicyclic) bond motifs is 2. The molecule has 2 aliphatic heterocycles. The van der Waals surface area contributed by atoms with Crippen LogP contribution in [0.3, 0.4) is 0 Å². The number of hydrogen-bond acceptors (Lipinski definition) is 3. The number of carbonyl (C=O) groups excluding carboxylic acids is 1. The highest BCUT2D eigenvalue weighted by Crippen LogP contribution is 2.38. The molecule has 2 aromatic rings. The number of ether oxygens (including phenoxy) is 2. The van der Waals surface area contributed by atoms with Crippen LogP contribution in [0.1, 0.15) is 23.1 Å². The van der Waals surface area contributed by atoms with Crippen LogP contribution in [0.15, 0.2) is 36.4 Å². The van der Waals surface area contributed by atoms with Gasteiger partial charge in [0.05, 0.1) is 24.7 Å². The first-order valence-electron chi connectivity index (χ1n) is 8.63. The van der Waals surface area contributed by atoms with Gasteiger partial charge in [-0.1, -0.05) is 35.9 Å². The molecular formula is C20H20ClNO3. The molecule has 0 aromatic heterocycles. The van der Waals surface area contributed by atoms with Gasteiger partial charge in [0.15, 0.2) is 11.5 Å². The van der Waals surface area contributed by atoms with Gasteiger partial charge in [-0.2, -0.15) is 0 Å². The molecule has 0 spiro atoms. The molecule has 0 N–H and O–H groups in total. The average Bonchev–Trinajstić information content (AvgIpc) is 2.87. The number of hydrogen-bond donors (Lipinski definition) is 0. The van der Waals surface area contributed by atoms with Crippen LogP contribution in [-0.4, -0.2) is 30.6 Å². The molecule has 130 valence electrons. The highest BCUT2D eigenvalue weighted by Gasteiger charge is 2.22. The third-order valence-electron chi connectivity index (χ3n) is 4.70. The molecule has 2 heterocycles. The fourth-order valence-corrected chi connectivity index (χ4v) is 3.67. The fraction of sp³-hybridized carbons (Fsp3) is 0.350. The molecule has 0 unspecified atom stereocenters.